The van der Waals surface area contributed by atoms with Gasteiger partial charge in [-0.05, 0) is 50.1 Å². The molecule has 140 valence electrons. The zero-order chi connectivity index (χ0) is 18.1. The Bertz CT molecular complexity index is 709. The van der Waals surface area contributed by atoms with Gasteiger partial charge in [0.1, 0.15) is 5.69 Å². The second-order valence-electron chi connectivity index (χ2n) is 7.99. The predicted molar refractivity (Wildman–Crippen MR) is 101 cm³/mol. The topological polar surface area (TPSA) is 54.3 Å². The Morgan fingerprint density at radius 2 is 2.38 bits per heavy atom. The summed E-state index contributed by atoms with van der Waals surface area (Å²) in [6.45, 7) is 7.22. The molecule has 4 aliphatic rings. The molecular weight excluding hydrogens is 326 g/mol. The van der Waals surface area contributed by atoms with Crippen LogP contribution in [-0.2, 0) is 11.3 Å². The molecule has 0 saturated carbocycles. The molecule has 4 atom stereocenters. The van der Waals surface area contributed by atoms with Crippen LogP contribution in [0.25, 0.3) is 5.57 Å². The Morgan fingerprint density at radius 1 is 1.50 bits per heavy atom. The molecule has 4 heterocycles. The van der Waals surface area contributed by atoms with Gasteiger partial charge in [-0.15, -0.1) is 11.7 Å². The van der Waals surface area contributed by atoms with E-state index in [1.165, 1.54) is 12.0 Å². The number of hydrogen-bond donors (Lipinski definition) is 0. The van der Waals surface area contributed by atoms with Crippen LogP contribution in [0.4, 0.5) is 0 Å². The molecule has 1 aliphatic carbocycles. The molecule has 3 aliphatic heterocycles. The quantitative estimate of drug-likeness (QED) is 0.734. The Labute approximate surface area is 155 Å². The maximum atomic E-state index is 12.7. The van der Waals surface area contributed by atoms with E-state index in [9.17, 15) is 4.79 Å². The highest BCUT2D eigenvalue weighted by Crippen LogP contribution is 2.37. The molecule has 1 unspecified atom stereocenters. The third-order valence-corrected chi connectivity index (χ3v) is 6.28. The van der Waals surface area contributed by atoms with E-state index in [2.05, 4.69) is 34.1 Å². The third kappa shape index (κ3) is 3.34. The summed E-state index contributed by atoms with van der Waals surface area (Å²) >= 11 is 0. The van der Waals surface area contributed by atoms with Gasteiger partial charge in [-0.1, -0.05) is 17.4 Å². The van der Waals surface area contributed by atoms with Crippen LogP contribution in [0.1, 0.15) is 37.8 Å². The SMILES string of the molecule is C=CCN(C)C(=O)[C@@H]1CN2CC[C@H]1C[C@@H]2Cn1cc(C2=CCCC2)nn1. The first-order valence-corrected chi connectivity index (χ1v) is 9.85. The van der Waals surface area contributed by atoms with E-state index in [1.807, 2.05) is 16.6 Å². The molecule has 2 bridgehead atoms. The van der Waals surface area contributed by atoms with Crippen molar-refractivity contribution in [1.29, 1.82) is 0 Å². The highest BCUT2D eigenvalue weighted by molar-refractivity contribution is 5.79. The van der Waals surface area contributed by atoms with Crippen LogP contribution in [0, 0.1) is 11.8 Å². The molecule has 6 nitrogen and oxygen atoms in total. The molecule has 0 spiro atoms. The van der Waals surface area contributed by atoms with Gasteiger partial charge in [0.15, 0.2) is 0 Å². The summed E-state index contributed by atoms with van der Waals surface area (Å²) in [5.41, 5.74) is 2.38. The fourth-order valence-corrected chi connectivity index (χ4v) is 4.83. The van der Waals surface area contributed by atoms with Gasteiger partial charge in [-0.3, -0.25) is 14.4 Å². The molecule has 5 rings (SSSR count). The molecule has 3 saturated heterocycles. The summed E-state index contributed by atoms with van der Waals surface area (Å²) in [7, 11) is 1.88. The summed E-state index contributed by atoms with van der Waals surface area (Å²) in [6, 6.07) is 0.467. The number of allylic oxidation sites excluding steroid dienone is 2. The van der Waals surface area contributed by atoms with E-state index >= 15 is 0 Å². The van der Waals surface area contributed by atoms with Gasteiger partial charge >= 0.3 is 0 Å². The normalized spacial score (nSPS) is 30.3. The maximum Gasteiger partial charge on any atom is 0.227 e. The molecule has 0 aromatic carbocycles. The average Bonchev–Trinajstić information content (AvgIpc) is 3.33. The highest BCUT2D eigenvalue weighted by atomic mass is 16.2. The van der Waals surface area contributed by atoms with Crippen LogP contribution in [0.5, 0.6) is 0 Å². The van der Waals surface area contributed by atoms with Crippen molar-refractivity contribution in [3.05, 3.63) is 30.6 Å². The smallest absolute Gasteiger partial charge is 0.227 e. The summed E-state index contributed by atoms with van der Waals surface area (Å²) in [6.07, 6.45) is 11.9. The van der Waals surface area contributed by atoms with Crippen molar-refractivity contribution in [3.63, 3.8) is 0 Å². The van der Waals surface area contributed by atoms with Crippen molar-refractivity contribution in [1.82, 2.24) is 24.8 Å². The Morgan fingerprint density at radius 3 is 3.08 bits per heavy atom. The van der Waals surface area contributed by atoms with Gasteiger partial charge in [0.05, 0.1) is 18.7 Å². The van der Waals surface area contributed by atoms with Gasteiger partial charge in [0.25, 0.3) is 0 Å². The van der Waals surface area contributed by atoms with Gasteiger partial charge in [0, 0.05) is 26.2 Å². The molecule has 1 aromatic rings. The van der Waals surface area contributed by atoms with Crippen molar-refractivity contribution in [2.45, 2.75) is 44.7 Å². The largest absolute Gasteiger partial charge is 0.342 e. The van der Waals surface area contributed by atoms with E-state index in [1.54, 1.807) is 6.08 Å². The minimum absolute atomic E-state index is 0.139. The molecule has 26 heavy (non-hydrogen) atoms. The maximum absolute atomic E-state index is 12.7. The van der Waals surface area contributed by atoms with Gasteiger partial charge < -0.3 is 4.90 Å². The Balaban J connectivity index is 1.39. The van der Waals surface area contributed by atoms with Crippen molar-refractivity contribution in [2.24, 2.45) is 11.8 Å². The molecule has 0 N–H and O–H groups in total. The molecule has 0 radical (unpaired) electrons. The number of likely N-dealkylation sites (N-methyl/N-ethyl adjacent to an activating group) is 1. The highest BCUT2D eigenvalue weighted by Gasteiger charge is 2.44. The van der Waals surface area contributed by atoms with Gasteiger partial charge in [-0.2, -0.15) is 0 Å². The summed E-state index contributed by atoms with van der Waals surface area (Å²) < 4.78 is 2.00. The van der Waals surface area contributed by atoms with Crippen LogP contribution < -0.4 is 0 Å². The number of nitrogens with zero attached hydrogens (tertiary/aromatic N) is 5. The summed E-state index contributed by atoms with van der Waals surface area (Å²) in [5.74, 6) is 0.902. The number of carbonyl (C=O) groups excluding carboxylic acids is 1. The third-order valence-electron chi connectivity index (χ3n) is 6.28. The number of amides is 1. The molecule has 3 fully saturated rings. The van der Waals surface area contributed by atoms with E-state index < -0.39 is 0 Å². The zero-order valence-corrected chi connectivity index (χ0v) is 15.7. The van der Waals surface area contributed by atoms with E-state index in [0.717, 1.165) is 51.0 Å². The monoisotopic (exact) mass is 355 g/mol. The average molecular weight is 355 g/mol. The van der Waals surface area contributed by atoms with E-state index in [4.69, 9.17) is 0 Å². The lowest BCUT2D eigenvalue weighted by Crippen LogP contribution is -2.58. The Kier molecular flexibility index (Phi) is 4.94. The van der Waals surface area contributed by atoms with Gasteiger partial charge in [-0.25, -0.2) is 0 Å². The van der Waals surface area contributed by atoms with Crippen LogP contribution in [-0.4, -0.2) is 63.4 Å². The first-order valence-electron chi connectivity index (χ1n) is 9.85. The standard InChI is InChI=1S/C20H29N5O/c1-3-9-23(2)20(26)18-13-24-10-8-16(18)11-17(24)12-25-14-19(21-22-25)15-6-4-5-7-15/h3,6,14,16-18H,1,4-5,7-13H2,2H3/t16-,17+,18+/m0/s1. The number of fused-ring (bicyclic) bond motifs is 3. The number of piperidine rings is 3. The fourth-order valence-electron chi connectivity index (χ4n) is 4.83. The van der Waals surface area contributed by atoms with Crippen molar-refractivity contribution < 1.29 is 4.79 Å². The number of aromatic nitrogens is 3. The fraction of sp³-hybridized carbons (Fsp3) is 0.650. The van der Waals surface area contributed by atoms with E-state index in [0.29, 0.717) is 18.5 Å². The molecular formula is C20H29N5O. The van der Waals surface area contributed by atoms with E-state index in [-0.39, 0.29) is 11.8 Å². The molecule has 6 heteroatoms. The first kappa shape index (κ1) is 17.5. The minimum Gasteiger partial charge on any atom is -0.342 e. The minimum atomic E-state index is 0.139. The number of carbonyl (C=O) groups is 1. The van der Waals surface area contributed by atoms with Gasteiger partial charge in [0.2, 0.25) is 5.91 Å². The number of rotatable bonds is 6. The lowest BCUT2D eigenvalue weighted by Gasteiger charge is -2.49. The predicted octanol–water partition coefficient (Wildman–Crippen LogP) is 2.20. The van der Waals surface area contributed by atoms with Crippen LogP contribution >= 0.6 is 0 Å². The second-order valence-corrected chi connectivity index (χ2v) is 7.99. The molecule has 1 amide bonds. The Hall–Kier alpha value is -1.95. The van der Waals surface area contributed by atoms with Crippen LogP contribution in [0.2, 0.25) is 0 Å². The van der Waals surface area contributed by atoms with Crippen molar-refractivity contribution in [2.75, 3.05) is 26.7 Å². The lowest BCUT2D eigenvalue weighted by molar-refractivity contribution is -0.142. The molecule has 1 aromatic heterocycles. The summed E-state index contributed by atoms with van der Waals surface area (Å²) in [4.78, 5) is 17.0. The number of hydrogen-bond acceptors (Lipinski definition) is 4. The van der Waals surface area contributed by atoms with Crippen molar-refractivity contribution >= 4 is 11.5 Å². The second kappa shape index (κ2) is 7.35. The van der Waals surface area contributed by atoms with Crippen LogP contribution in [0.3, 0.4) is 0 Å². The summed E-state index contributed by atoms with van der Waals surface area (Å²) in [5, 5.41) is 8.73. The van der Waals surface area contributed by atoms with Crippen LogP contribution in [0.15, 0.2) is 24.9 Å². The first-order chi connectivity index (χ1) is 12.7. The lowest BCUT2D eigenvalue weighted by atomic mass is 9.75. The van der Waals surface area contributed by atoms with Crippen molar-refractivity contribution in [3.8, 4) is 0 Å². The zero-order valence-electron chi connectivity index (χ0n) is 15.7.